The lowest BCUT2D eigenvalue weighted by molar-refractivity contribution is -0.0262. The number of carbonyl (C=O) groups is 1. The van der Waals surface area contributed by atoms with Crippen LogP contribution in [-0.2, 0) is 53.8 Å². The lowest BCUT2D eigenvalue weighted by atomic mass is 9.89. The smallest absolute Gasteiger partial charge is 0.336 e. The molecule has 0 saturated heterocycles. The first-order valence-corrected chi connectivity index (χ1v) is 21.1. The van der Waals surface area contributed by atoms with E-state index in [1.165, 1.54) is 24.3 Å². The van der Waals surface area contributed by atoms with E-state index in [0.717, 1.165) is 16.8 Å². The van der Waals surface area contributed by atoms with Crippen LogP contribution in [0.25, 0.3) is 33.4 Å². The molecule has 0 bridgehead atoms. The van der Waals surface area contributed by atoms with Gasteiger partial charge in [0.05, 0.1) is 124 Å². The lowest BCUT2D eigenvalue weighted by Crippen LogP contribution is -2.15. The fourth-order valence-electron chi connectivity index (χ4n) is 6.06. The minimum Gasteiger partial charge on any atom is -0.508 e. The number of aromatic carboxylic acids is 1. The molecule has 4 rings (SSSR count). The van der Waals surface area contributed by atoms with Gasteiger partial charge in [-0.3, -0.25) is 4.79 Å². The second-order valence-electron chi connectivity index (χ2n) is 13.5. The van der Waals surface area contributed by atoms with Crippen LogP contribution in [0.5, 0.6) is 5.75 Å². The molecule has 1 aliphatic heterocycles. The molecule has 0 atom stereocenters. The summed E-state index contributed by atoms with van der Waals surface area (Å²) < 4.78 is 60.7. The van der Waals surface area contributed by atoms with Crippen molar-refractivity contribution >= 4 is 34.0 Å². The minimum atomic E-state index is -1.10. The largest absolute Gasteiger partial charge is 0.508 e. The van der Waals surface area contributed by atoms with Crippen molar-refractivity contribution in [1.82, 2.24) is 0 Å². The highest BCUT2D eigenvalue weighted by Crippen LogP contribution is 2.42. The van der Waals surface area contributed by atoms with E-state index in [0.29, 0.717) is 178 Å². The van der Waals surface area contributed by atoms with Gasteiger partial charge < -0.3 is 62.0 Å². The molecule has 0 amide bonds. The topological polar surface area (TPSA) is 180 Å². The average Bonchev–Trinajstić information content (AvgIpc) is 3.24. The Labute approximate surface area is 362 Å². The van der Waals surface area contributed by atoms with Crippen LogP contribution >= 0.6 is 12.2 Å². The summed E-state index contributed by atoms with van der Waals surface area (Å²) in [4.78, 5) is 25.4. The summed E-state index contributed by atoms with van der Waals surface area (Å²) in [5.74, 6) is -0.814. The van der Waals surface area contributed by atoms with Gasteiger partial charge in [0.15, 0.2) is 5.43 Å². The first-order chi connectivity index (χ1) is 29.9. The molecule has 336 valence electrons. The number of hydrogen-bond acceptors (Lipinski definition) is 15. The van der Waals surface area contributed by atoms with Crippen molar-refractivity contribution in [2.24, 2.45) is 0 Å². The van der Waals surface area contributed by atoms with Gasteiger partial charge in [0, 0.05) is 48.3 Å². The van der Waals surface area contributed by atoms with Gasteiger partial charge in [0.2, 0.25) is 0 Å². The third kappa shape index (κ3) is 19.4. The Bertz CT molecular complexity index is 1880. The fraction of sp³-hybridized carbons (Fsp3) is 0.533. The van der Waals surface area contributed by atoms with Crippen molar-refractivity contribution in [3.8, 4) is 28.2 Å². The van der Waals surface area contributed by atoms with Crippen LogP contribution in [0.4, 0.5) is 0 Å². The standard InChI is InChI=1S/C45H60O15S/c1-2-50-12-13-52-16-17-54-20-21-56-24-25-58-28-29-59-27-26-57-23-22-55-19-18-53-15-14-51-11-3-4-37(61)30-34-5-8-38(41(31-34)45(48)49)44-39-9-6-35(46)32-42(39)60-43-33-36(47)7-10-40(43)44/h5-10,31-33,46H,2-4,11-30H2,1H3,(H,48,49). The summed E-state index contributed by atoms with van der Waals surface area (Å²) in [5.41, 5.74) is 2.61. The molecule has 15 nitrogen and oxygen atoms in total. The third-order valence-electron chi connectivity index (χ3n) is 8.96. The average molecular weight is 873 g/mol. The van der Waals surface area contributed by atoms with Crippen LogP contribution < -0.4 is 5.43 Å². The molecule has 0 radical (unpaired) electrons. The maximum Gasteiger partial charge on any atom is 0.336 e. The Morgan fingerprint density at radius 1 is 0.590 bits per heavy atom. The second-order valence-corrected chi connectivity index (χ2v) is 14.1. The maximum absolute atomic E-state index is 12.5. The summed E-state index contributed by atoms with van der Waals surface area (Å²) >= 11 is 5.64. The number of thiocarbonyl (C=S) groups is 1. The Balaban J connectivity index is 0.953. The highest BCUT2D eigenvalue weighted by atomic mass is 32.1. The van der Waals surface area contributed by atoms with Gasteiger partial charge in [-0.15, -0.1) is 0 Å². The second kappa shape index (κ2) is 30.2. The van der Waals surface area contributed by atoms with Crippen LogP contribution in [0.2, 0.25) is 0 Å². The van der Waals surface area contributed by atoms with Crippen molar-refractivity contribution in [2.45, 2.75) is 26.2 Å². The number of hydrogen-bond donors (Lipinski definition) is 2. The molecule has 2 N–H and O–H groups in total. The van der Waals surface area contributed by atoms with Gasteiger partial charge in [0.1, 0.15) is 17.1 Å². The van der Waals surface area contributed by atoms with Crippen molar-refractivity contribution in [3.05, 3.63) is 75.9 Å². The zero-order valence-corrected chi connectivity index (χ0v) is 35.9. The van der Waals surface area contributed by atoms with Crippen LogP contribution in [0.3, 0.4) is 0 Å². The normalized spacial score (nSPS) is 11.6. The Morgan fingerprint density at radius 3 is 1.56 bits per heavy atom. The van der Waals surface area contributed by atoms with Crippen molar-refractivity contribution < 1.29 is 66.8 Å². The van der Waals surface area contributed by atoms with Crippen molar-refractivity contribution in [3.63, 3.8) is 0 Å². The molecular formula is C45H60O15S. The van der Waals surface area contributed by atoms with Gasteiger partial charge in [-0.1, -0.05) is 24.4 Å². The maximum atomic E-state index is 12.5. The molecule has 2 aromatic rings. The highest BCUT2D eigenvalue weighted by molar-refractivity contribution is 7.80. The van der Waals surface area contributed by atoms with Crippen molar-refractivity contribution in [2.75, 3.05) is 132 Å². The van der Waals surface area contributed by atoms with E-state index in [4.69, 9.17) is 64.0 Å². The van der Waals surface area contributed by atoms with Gasteiger partial charge in [-0.2, -0.15) is 0 Å². The van der Waals surface area contributed by atoms with Gasteiger partial charge in [0.25, 0.3) is 0 Å². The van der Waals surface area contributed by atoms with E-state index < -0.39 is 5.97 Å². The van der Waals surface area contributed by atoms with Crippen LogP contribution in [0, 0.1) is 0 Å². The van der Waals surface area contributed by atoms with E-state index >= 15 is 0 Å². The molecule has 0 unspecified atom stereocenters. The minimum absolute atomic E-state index is 0.0117. The van der Waals surface area contributed by atoms with E-state index in [9.17, 15) is 19.8 Å². The molecule has 1 heterocycles. The summed E-state index contributed by atoms with van der Waals surface area (Å²) in [6, 6.07) is 14.3. The predicted octanol–water partition coefficient (Wildman–Crippen LogP) is 5.85. The van der Waals surface area contributed by atoms with Crippen LogP contribution in [-0.4, -0.2) is 153 Å². The first-order valence-electron chi connectivity index (χ1n) is 20.7. The molecule has 0 saturated carbocycles. The quantitative estimate of drug-likeness (QED) is 0.0316. The number of benzene rings is 3. The molecule has 2 aliphatic rings. The Morgan fingerprint density at radius 2 is 1.07 bits per heavy atom. The van der Waals surface area contributed by atoms with Crippen molar-refractivity contribution in [1.29, 1.82) is 0 Å². The monoisotopic (exact) mass is 872 g/mol. The molecule has 16 heteroatoms. The molecule has 1 aliphatic carbocycles. The van der Waals surface area contributed by atoms with Gasteiger partial charge in [-0.25, -0.2) is 4.79 Å². The Kier molecular flexibility index (Phi) is 24.6. The number of carboxylic acids is 1. The van der Waals surface area contributed by atoms with E-state index in [2.05, 4.69) is 0 Å². The molecular weight excluding hydrogens is 813 g/mol. The summed E-state index contributed by atoms with van der Waals surface area (Å²) in [6.45, 7) is 12.1. The lowest BCUT2D eigenvalue weighted by Gasteiger charge is -2.17. The first kappa shape index (κ1) is 49.7. The third-order valence-corrected chi connectivity index (χ3v) is 9.31. The molecule has 2 aromatic carbocycles. The van der Waals surface area contributed by atoms with Crippen LogP contribution in [0.15, 0.2) is 63.8 Å². The zero-order chi connectivity index (χ0) is 43.3. The van der Waals surface area contributed by atoms with E-state index in [1.807, 2.05) is 13.0 Å². The van der Waals surface area contributed by atoms with E-state index in [-0.39, 0.29) is 16.7 Å². The summed E-state index contributed by atoms with van der Waals surface area (Å²) in [6.07, 6.45) is 1.81. The number of rotatable bonds is 36. The number of carboxylic acid groups (broad SMARTS) is 1. The molecule has 0 aromatic heterocycles. The number of fused-ring (bicyclic) bond motifs is 2. The SMILES string of the molecule is CCOCCOCCOCCOCCOCCOCCOCCOCCOCCOCCCC(=S)Cc1ccc(-c2c3ccc(=O)cc-3oc3cc(O)ccc23)c(C(=O)O)c1. The number of phenolic OH excluding ortho intramolecular Hbond substituents is 1. The number of phenols is 1. The summed E-state index contributed by atoms with van der Waals surface area (Å²) in [7, 11) is 0. The van der Waals surface area contributed by atoms with Crippen LogP contribution in [0.1, 0.15) is 35.7 Å². The zero-order valence-electron chi connectivity index (χ0n) is 35.1. The fourth-order valence-corrected chi connectivity index (χ4v) is 6.37. The summed E-state index contributed by atoms with van der Waals surface area (Å²) in [5, 5.41) is 20.9. The molecule has 61 heavy (non-hydrogen) atoms. The highest BCUT2D eigenvalue weighted by Gasteiger charge is 2.22. The number of ether oxygens (including phenoxy) is 10. The molecule has 0 spiro atoms. The van der Waals surface area contributed by atoms with E-state index in [1.54, 1.807) is 24.3 Å². The molecule has 0 fully saturated rings. The van der Waals surface area contributed by atoms with Gasteiger partial charge >= 0.3 is 5.97 Å². The predicted molar refractivity (Wildman–Crippen MR) is 233 cm³/mol. The van der Waals surface area contributed by atoms with Gasteiger partial charge in [-0.05, 0) is 66.1 Å². The Hall–Kier alpha value is -3.91. The number of aromatic hydroxyl groups is 1.